The fourth-order valence-corrected chi connectivity index (χ4v) is 1.13. The minimum Gasteiger partial charge on any atom is -0.383 e. The average molecular weight is 209 g/mol. The molecule has 5 nitrogen and oxygen atoms in total. The Bertz CT molecular complexity index is 303. The van der Waals surface area contributed by atoms with Gasteiger partial charge in [0, 0.05) is 19.9 Å². The number of methoxy groups -OCH3 is 1. The molecule has 0 saturated heterocycles. The normalized spacial score (nSPS) is 12.1. The second-order valence-corrected chi connectivity index (χ2v) is 3.08. The summed E-state index contributed by atoms with van der Waals surface area (Å²) in [4.78, 5) is 15.5. The lowest BCUT2D eigenvalue weighted by molar-refractivity contribution is 0.0895. The minimum absolute atomic E-state index is 0.176. The summed E-state index contributed by atoms with van der Waals surface area (Å²) >= 11 is 0. The predicted molar refractivity (Wildman–Crippen MR) is 56.4 cm³/mol. The van der Waals surface area contributed by atoms with Crippen LogP contribution < -0.4 is 11.1 Å². The van der Waals surface area contributed by atoms with E-state index in [-0.39, 0.29) is 11.9 Å². The van der Waals surface area contributed by atoms with Crippen molar-refractivity contribution in [2.75, 3.05) is 20.3 Å². The molecule has 1 unspecified atom stereocenters. The highest BCUT2D eigenvalue weighted by molar-refractivity contribution is 5.92. The molecule has 0 aliphatic heterocycles. The van der Waals surface area contributed by atoms with Gasteiger partial charge in [-0.2, -0.15) is 0 Å². The number of rotatable bonds is 5. The van der Waals surface area contributed by atoms with Crippen LogP contribution in [0.5, 0.6) is 0 Å². The van der Waals surface area contributed by atoms with Crippen molar-refractivity contribution in [2.45, 2.75) is 6.04 Å². The second kappa shape index (κ2) is 6.10. The first-order chi connectivity index (χ1) is 7.27. The van der Waals surface area contributed by atoms with E-state index >= 15 is 0 Å². The van der Waals surface area contributed by atoms with E-state index in [0.29, 0.717) is 18.8 Å². The van der Waals surface area contributed by atoms with Crippen LogP contribution in [0.1, 0.15) is 10.5 Å². The zero-order chi connectivity index (χ0) is 11.1. The topological polar surface area (TPSA) is 77.2 Å². The van der Waals surface area contributed by atoms with Gasteiger partial charge in [-0.05, 0) is 12.1 Å². The van der Waals surface area contributed by atoms with Crippen LogP contribution in [0.2, 0.25) is 0 Å². The van der Waals surface area contributed by atoms with Crippen LogP contribution in [-0.2, 0) is 4.74 Å². The van der Waals surface area contributed by atoms with Gasteiger partial charge in [0.25, 0.3) is 5.91 Å². The molecular formula is C10H15N3O2. The number of carbonyl (C=O) groups excluding carboxylic acids is 1. The van der Waals surface area contributed by atoms with Gasteiger partial charge in [-0.1, -0.05) is 6.07 Å². The number of nitrogens with one attached hydrogen (secondary N) is 1. The zero-order valence-electron chi connectivity index (χ0n) is 8.64. The highest BCUT2D eigenvalue weighted by atomic mass is 16.5. The molecule has 0 aliphatic rings. The third-order valence-corrected chi connectivity index (χ3v) is 1.89. The second-order valence-electron chi connectivity index (χ2n) is 3.08. The van der Waals surface area contributed by atoms with E-state index in [1.54, 1.807) is 31.5 Å². The maximum absolute atomic E-state index is 11.6. The molecule has 0 fully saturated rings. The molecule has 1 amide bonds. The Kier molecular flexibility index (Phi) is 4.73. The standard InChI is InChI=1S/C10H15N3O2/c1-15-7-8(6-11)13-10(14)9-4-2-3-5-12-9/h2-5,8H,6-7,11H2,1H3,(H,13,14). The number of nitrogens with two attached hydrogens (primary N) is 1. The molecule has 5 heteroatoms. The van der Waals surface area contributed by atoms with Gasteiger partial charge in [0.15, 0.2) is 0 Å². The lowest BCUT2D eigenvalue weighted by Crippen LogP contribution is -2.43. The molecule has 0 bridgehead atoms. The van der Waals surface area contributed by atoms with E-state index < -0.39 is 0 Å². The summed E-state index contributed by atoms with van der Waals surface area (Å²) in [5, 5.41) is 2.73. The Morgan fingerprint density at radius 2 is 2.47 bits per heavy atom. The van der Waals surface area contributed by atoms with E-state index in [9.17, 15) is 4.79 Å². The Labute approximate surface area is 88.6 Å². The lowest BCUT2D eigenvalue weighted by Gasteiger charge is -2.15. The fraction of sp³-hybridized carbons (Fsp3) is 0.400. The number of hydrogen-bond donors (Lipinski definition) is 2. The van der Waals surface area contributed by atoms with Gasteiger partial charge < -0.3 is 15.8 Å². The zero-order valence-corrected chi connectivity index (χ0v) is 8.64. The summed E-state index contributed by atoms with van der Waals surface area (Å²) < 4.78 is 4.92. The molecule has 1 aromatic rings. The smallest absolute Gasteiger partial charge is 0.270 e. The van der Waals surface area contributed by atoms with Crippen LogP contribution in [0, 0.1) is 0 Å². The van der Waals surface area contributed by atoms with Crippen molar-refractivity contribution in [2.24, 2.45) is 5.73 Å². The summed E-state index contributed by atoms with van der Waals surface area (Å²) in [7, 11) is 1.57. The largest absolute Gasteiger partial charge is 0.383 e. The molecule has 82 valence electrons. The Hall–Kier alpha value is -1.46. The van der Waals surface area contributed by atoms with Crippen LogP contribution in [0.15, 0.2) is 24.4 Å². The monoisotopic (exact) mass is 209 g/mol. The first-order valence-electron chi connectivity index (χ1n) is 4.68. The predicted octanol–water partition coefficient (Wildman–Crippen LogP) is -0.215. The van der Waals surface area contributed by atoms with Crippen LogP contribution in [0.25, 0.3) is 0 Å². The van der Waals surface area contributed by atoms with E-state index in [0.717, 1.165) is 0 Å². The van der Waals surface area contributed by atoms with E-state index in [4.69, 9.17) is 10.5 Å². The van der Waals surface area contributed by atoms with Gasteiger partial charge in [-0.25, -0.2) is 0 Å². The Morgan fingerprint density at radius 3 is 3.00 bits per heavy atom. The molecule has 0 aromatic carbocycles. The van der Waals surface area contributed by atoms with Gasteiger partial charge in [0.1, 0.15) is 5.69 Å². The number of hydrogen-bond acceptors (Lipinski definition) is 4. The van der Waals surface area contributed by atoms with Crippen molar-refractivity contribution < 1.29 is 9.53 Å². The van der Waals surface area contributed by atoms with Crippen molar-refractivity contribution in [3.63, 3.8) is 0 Å². The van der Waals surface area contributed by atoms with Gasteiger partial charge in [-0.3, -0.25) is 9.78 Å². The minimum atomic E-state index is -0.233. The molecule has 0 spiro atoms. The molecule has 1 rings (SSSR count). The third-order valence-electron chi connectivity index (χ3n) is 1.89. The molecule has 3 N–H and O–H groups in total. The fourth-order valence-electron chi connectivity index (χ4n) is 1.13. The number of nitrogens with zero attached hydrogens (tertiary/aromatic N) is 1. The number of amides is 1. The highest BCUT2D eigenvalue weighted by Crippen LogP contribution is 1.94. The SMILES string of the molecule is COCC(CN)NC(=O)c1ccccn1. The Morgan fingerprint density at radius 1 is 1.67 bits per heavy atom. The van der Waals surface area contributed by atoms with Crippen LogP contribution in [0.3, 0.4) is 0 Å². The van der Waals surface area contributed by atoms with E-state index in [2.05, 4.69) is 10.3 Å². The first kappa shape index (κ1) is 11.6. The van der Waals surface area contributed by atoms with Crippen molar-refractivity contribution in [3.05, 3.63) is 30.1 Å². The number of carbonyl (C=O) groups is 1. The molecule has 0 aliphatic carbocycles. The van der Waals surface area contributed by atoms with E-state index in [1.807, 2.05) is 0 Å². The summed E-state index contributed by atoms with van der Waals surface area (Å²) in [6.45, 7) is 0.738. The molecular weight excluding hydrogens is 194 g/mol. The number of aromatic nitrogens is 1. The molecule has 0 radical (unpaired) electrons. The van der Waals surface area contributed by atoms with Gasteiger partial charge >= 0.3 is 0 Å². The molecule has 1 atom stereocenters. The summed E-state index contributed by atoms with van der Waals surface area (Å²) in [5.41, 5.74) is 5.85. The first-order valence-corrected chi connectivity index (χ1v) is 4.68. The quantitative estimate of drug-likeness (QED) is 0.703. The highest BCUT2D eigenvalue weighted by Gasteiger charge is 2.12. The van der Waals surface area contributed by atoms with E-state index in [1.165, 1.54) is 0 Å². The average Bonchev–Trinajstić information content (AvgIpc) is 2.29. The summed E-state index contributed by atoms with van der Waals surface area (Å²) in [5.74, 6) is -0.233. The van der Waals surface area contributed by atoms with Gasteiger partial charge in [0.05, 0.1) is 12.6 Å². The van der Waals surface area contributed by atoms with Crippen LogP contribution >= 0.6 is 0 Å². The summed E-state index contributed by atoms with van der Waals surface area (Å²) in [6.07, 6.45) is 1.57. The lowest BCUT2D eigenvalue weighted by atomic mass is 10.3. The van der Waals surface area contributed by atoms with Gasteiger partial charge in [-0.15, -0.1) is 0 Å². The van der Waals surface area contributed by atoms with Crippen molar-refractivity contribution in [3.8, 4) is 0 Å². The van der Waals surface area contributed by atoms with Crippen molar-refractivity contribution in [1.82, 2.24) is 10.3 Å². The number of pyridine rings is 1. The number of ether oxygens (including phenoxy) is 1. The Balaban J connectivity index is 2.55. The molecule has 1 aromatic heterocycles. The molecule has 15 heavy (non-hydrogen) atoms. The maximum atomic E-state index is 11.6. The summed E-state index contributed by atoms with van der Waals surface area (Å²) in [6, 6.07) is 4.99. The van der Waals surface area contributed by atoms with Crippen molar-refractivity contribution in [1.29, 1.82) is 0 Å². The molecule has 1 heterocycles. The van der Waals surface area contributed by atoms with Gasteiger partial charge in [0.2, 0.25) is 0 Å². The van der Waals surface area contributed by atoms with Crippen molar-refractivity contribution >= 4 is 5.91 Å². The van der Waals surface area contributed by atoms with Crippen LogP contribution in [-0.4, -0.2) is 37.2 Å². The van der Waals surface area contributed by atoms with Crippen LogP contribution in [0.4, 0.5) is 0 Å². The maximum Gasteiger partial charge on any atom is 0.270 e. The third kappa shape index (κ3) is 3.65. The molecule has 0 saturated carbocycles.